The van der Waals surface area contributed by atoms with Gasteiger partial charge in [0.25, 0.3) is 0 Å². The third-order valence-electron chi connectivity index (χ3n) is 2.65. The fourth-order valence-corrected chi connectivity index (χ4v) is 3.90. The van der Waals surface area contributed by atoms with Crippen molar-refractivity contribution in [3.63, 3.8) is 0 Å². The van der Waals surface area contributed by atoms with Gasteiger partial charge in [-0.15, -0.1) is 0 Å². The SMILES string of the molecule is C[Si](C)(OCc1ccsc1)c1ccccc1. The van der Waals surface area contributed by atoms with Crippen LogP contribution in [0.15, 0.2) is 47.2 Å². The van der Waals surface area contributed by atoms with Crippen molar-refractivity contribution in [1.29, 1.82) is 0 Å². The molecular formula is C13H16OSSi. The van der Waals surface area contributed by atoms with Gasteiger partial charge in [0.2, 0.25) is 8.32 Å². The normalized spacial score (nSPS) is 11.6. The highest BCUT2D eigenvalue weighted by atomic mass is 32.1. The lowest BCUT2D eigenvalue weighted by molar-refractivity contribution is 0.304. The molecule has 3 heteroatoms. The van der Waals surface area contributed by atoms with Crippen molar-refractivity contribution >= 4 is 24.8 Å². The summed E-state index contributed by atoms with van der Waals surface area (Å²) in [6.07, 6.45) is 0. The van der Waals surface area contributed by atoms with Gasteiger partial charge in [0.15, 0.2) is 0 Å². The zero-order valence-corrected chi connectivity index (χ0v) is 11.5. The highest BCUT2D eigenvalue weighted by Crippen LogP contribution is 2.12. The summed E-state index contributed by atoms with van der Waals surface area (Å²) in [4.78, 5) is 0. The van der Waals surface area contributed by atoms with Crippen molar-refractivity contribution in [2.45, 2.75) is 19.7 Å². The minimum absolute atomic E-state index is 0.734. The highest BCUT2D eigenvalue weighted by molar-refractivity contribution is 7.07. The van der Waals surface area contributed by atoms with Crippen LogP contribution in [-0.2, 0) is 11.0 Å². The third-order valence-corrected chi connectivity index (χ3v) is 5.97. The lowest BCUT2D eigenvalue weighted by Gasteiger charge is -2.23. The zero-order chi connectivity index (χ0) is 11.4. The molecule has 0 unspecified atom stereocenters. The Balaban J connectivity index is 2.03. The Morgan fingerprint density at radius 2 is 1.88 bits per heavy atom. The fourth-order valence-electron chi connectivity index (χ4n) is 1.56. The van der Waals surface area contributed by atoms with Crippen LogP contribution in [-0.4, -0.2) is 8.32 Å². The summed E-state index contributed by atoms with van der Waals surface area (Å²) in [6.45, 7) is 5.22. The summed E-state index contributed by atoms with van der Waals surface area (Å²) in [6, 6.07) is 12.7. The Labute approximate surface area is 102 Å². The molecule has 0 bridgehead atoms. The third kappa shape index (κ3) is 2.81. The Morgan fingerprint density at radius 3 is 2.50 bits per heavy atom. The van der Waals surface area contributed by atoms with Gasteiger partial charge in [0, 0.05) is 0 Å². The van der Waals surface area contributed by atoms with E-state index in [1.54, 1.807) is 11.3 Å². The van der Waals surface area contributed by atoms with Crippen LogP contribution in [0.1, 0.15) is 5.56 Å². The average molecular weight is 248 g/mol. The Morgan fingerprint density at radius 1 is 1.12 bits per heavy atom. The van der Waals surface area contributed by atoms with Crippen LogP contribution in [0.3, 0.4) is 0 Å². The Hall–Kier alpha value is -0.903. The topological polar surface area (TPSA) is 9.23 Å². The first-order valence-electron chi connectivity index (χ1n) is 5.39. The van der Waals surface area contributed by atoms with Crippen molar-refractivity contribution < 1.29 is 4.43 Å². The zero-order valence-electron chi connectivity index (χ0n) is 9.64. The number of benzene rings is 1. The first kappa shape index (κ1) is 11.6. The molecule has 0 saturated heterocycles. The summed E-state index contributed by atoms with van der Waals surface area (Å²) in [5, 5.41) is 5.59. The monoisotopic (exact) mass is 248 g/mol. The maximum Gasteiger partial charge on any atom is 0.218 e. The molecular weight excluding hydrogens is 232 g/mol. The fraction of sp³-hybridized carbons (Fsp3) is 0.231. The molecule has 84 valence electrons. The van der Waals surface area contributed by atoms with Crippen LogP contribution in [0.4, 0.5) is 0 Å². The molecule has 2 rings (SSSR count). The van der Waals surface area contributed by atoms with Crippen LogP contribution in [0.2, 0.25) is 13.1 Å². The summed E-state index contributed by atoms with van der Waals surface area (Å²) < 4.78 is 6.11. The molecule has 0 atom stereocenters. The van der Waals surface area contributed by atoms with E-state index in [0.717, 1.165) is 6.61 Å². The van der Waals surface area contributed by atoms with Gasteiger partial charge in [-0.1, -0.05) is 30.3 Å². The van der Waals surface area contributed by atoms with Crippen molar-refractivity contribution in [1.82, 2.24) is 0 Å². The molecule has 0 amide bonds. The first-order valence-corrected chi connectivity index (χ1v) is 9.24. The van der Waals surface area contributed by atoms with Crippen molar-refractivity contribution in [2.75, 3.05) is 0 Å². The van der Waals surface area contributed by atoms with Gasteiger partial charge in [-0.2, -0.15) is 11.3 Å². The van der Waals surface area contributed by atoms with E-state index in [2.05, 4.69) is 54.2 Å². The second-order valence-electron chi connectivity index (χ2n) is 4.30. The standard InChI is InChI=1S/C13H16OSSi/c1-16(2,13-6-4-3-5-7-13)14-10-12-8-9-15-11-12/h3-9,11H,10H2,1-2H3. The average Bonchev–Trinajstić information content (AvgIpc) is 2.81. The summed E-state index contributed by atoms with van der Waals surface area (Å²) >= 11 is 1.72. The van der Waals surface area contributed by atoms with Crippen LogP contribution in [0.25, 0.3) is 0 Å². The molecule has 0 aliphatic carbocycles. The molecule has 1 aromatic heterocycles. The van der Waals surface area contributed by atoms with Crippen LogP contribution < -0.4 is 5.19 Å². The first-order chi connectivity index (χ1) is 7.68. The minimum atomic E-state index is -1.73. The van der Waals surface area contributed by atoms with Gasteiger partial charge < -0.3 is 4.43 Å². The Kier molecular flexibility index (Phi) is 3.58. The quantitative estimate of drug-likeness (QED) is 0.754. The number of hydrogen-bond donors (Lipinski definition) is 0. The van der Waals surface area contributed by atoms with E-state index >= 15 is 0 Å². The van der Waals surface area contributed by atoms with Crippen molar-refractivity contribution in [3.8, 4) is 0 Å². The number of rotatable bonds is 4. The van der Waals surface area contributed by atoms with E-state index in [0.29, 0.717) is 0 Å². The van der Waals surface area contributed by atoms with Gasteiger partial charge in [-0.25, -0.2) is 0 Å². The predicted octanol–water partition coefficient (Wildman–Crippen LogP) is 3.38. The van der Waals surface area contributed by atoms with Gasteiger partial charge in [-0.3, -0.25) is 0 Å². The molecule has 0 N–H and O–H groups in total. The second-order valence-corrected chi connectivity index (χ2v) is 8.96. The molecule has 0 spiro atoms. The van der Waals surface area contributed by atoms with Gasteiger partial charge in [0.1, 0.15) is 0 Å². The lowest BCUT2D eigenvalue weighted by Crippen LogP contribution is -2.44. The summed E-state index contributed by atoms with van der Waals surface area (Å²) in [5.41, 5.74) is 1.28. The van der Waals surface area contributed by atoms with E-state index in [1.165, 1.54) is 10.8 Å². The predicted molar refractivity (Wildman–Crippen MR) is 72.7 cm³/mol. The van der Waals surface area contributed by atoms with Gasteiger partial charge >= 0.3 is 0 Å². The van der Waals surface area contributed by atoms with Crippen LogP contribution in [0, 0.1) is 0 Å². The summed E-state index contributed by atoms with van der Waals surface area (Å²) in [7, 11) is -1.73. The molecule has 0 aliphatic heterocycles. The number of hydrogen-bond acceptors (Lipinski definition) is 2. The maximum absolute atomic E-state index is 6.11. The number of thiophene rings is 1. The minimum Gasteiger partial charge on any atom is -0.409 e. The van der Waals surface area contributed by atoms with Gasteiger partial charge in [-0.05, 0) is 40.7 Å². The molecule has 1 aromatic carbocycles. The molecule has 2 aromatic rings. The van der Waals surface area contributed by atoms with Gasteiger partial charge in [0.05, 0.1) is 6.61 Å². The maximum atomic E-state index is 6.11. The van der Waals surface area contributed by atoms with Crippen molar-refractivity contribution in [2.24, 2.45) is 0 Å². The van der Waals surface area contributed by atoms with E-state index in [-0.39, 0.29) is 0 Å². The van der Waals surface area contributed by atoms with E-state index in [4.69, 9.17) is 4.43 Å². The molecule has 1 nitrogen and oxygen atoms in total. The summed E-state index contributed by atoms with van der Waals surface area (Å²) in [5.74, 6) is 0. The second kappa shape index (κ2) is 4.95. The smallest absolute Gasteiger partial charge is 0.218 e. The van der Waals surface area contributed by atoms with E-state index < -0.39 is 8.32 Å². The van der Waals surface area contributed by atoms with E-state index in [9.17, 15) is 0 Å². The van der Waals surface area contributed by atoms with Crippen LogP contribution >= 0.6 is 11.3 Å². The molecule has 1 heterocycles. The molecule has 0 saturated carbocycles. The van der Waals surface area contributed by atoms with Crippen LogP contribution in [0.5, 0.6) is 0 Å². The molecule has 0 aliphatic rings. The molecule has 0 fully saturated rings. The largest absolute Gasteiger partial charge is 0.409 e. The molecule has 16 heavy (non-hydrogen) atoms. The Bertz CT molecular complexity index is 422. The van der Waals surface area contributed by atoms with Crippen molar-refractivity contribution in [3.05, 3.63) is 52.7 Å². The van der Waals surface area contributed by atoms with E-state index in [1.807, 2.05) is 6.07 Å². The highest BCUT2D eigenvalue weighted by Gasteiger charge is 2.24. The lowest BCUT2D eigenvalue weighted by atomic mass is 10.4. The molecule has 0 radical (unpaired) electrons.